The van der Waals surface area contributed by atoms with Gasteiger partial charge in [-0.3, -0.25) is 14.5 Å². The molecule has 1 aromatic rings. The number of halogens is 4. The Morgan fingerprint density at radius 1 is 1.29 bits per heavy atom. The third-order valence-corrected chi connectivity index (χ3v) is 5.29. The Labute approximate surface area is 160 Å². The molecule has 0 radical (unpaired) electrons. The lowest BCUT2D eigenvalue weighted by atomic mass is 9.99. The molecule has 1 saturated heterocycles. The molecular weight excluding hydrogens is 396 g/mol. The van der Waals surface area contributed by atoms with Crippen LogP contribution < -0.4 is 10.6 Å². The number of nitrogens with zero attached hydrogens (tertiary/aromatic N) is 1. The number of nitrogens with one attached hydrogen (secondary N) is 2. The first-order valence-electron chi connectivity index (χ1n) is 7.37. The zero-order valence-corrected chi connectivity index (χ0v) is 16.2. The highest BCUT2D eigenvalue weighted by molar-refractivity contribution is 6.50. The smallest absolute Gasteiger partial charge is 0.238 e. The van der Waals surface area contributed by atoms with Crippen molar-refractivity contribution in [1.29, 1.82) is 0 Å². The summed E-state index contributed by atoms with van der Waals surface area (Å²) < 4.78 is 0. The Balaban J connectivity index is 2.15. The highest BCUT2D eigenvalue weighted by Gasteiger charge is 2.33. The van der Waals surface area contributed by atoms with Crippen LogP contribution in [0, 0.1) is 5.92 Å². The maximum Gasteiger partial charge on any atom is 0.238 e. The van der Waals surface area contributed by atoms with Crippen molar-refractivity contribution in [2.75, 3.05) is 25.0 Å². The molecule has 1 aliphatic heterocycles. The molecule has 1 aliphatic rings. The van der Waals surface area contributed by atoms with Gasteiger partial charge in [0.25, 0.3) is 0 Å². The normalized spacial score (nSPS) is 18.6. The zero-order valence-electron chi connectivity index (χ0n) is 13.1. The molecule has 0 saturated carbocycles. The number of anilines is 1. The standard InChI is InChI=1S/C15H17Cl4N3O2/c1-7(2)14-15(24)20-3-4-22(14)6-10(23)21-13-11(18)8(16)5-9(17)12(13)19/h5,7,14H,3-4,6H2,1-2H3,(H,20,24)(H,21,23). The summed E-state index contributed by atoms with van der Waals surface area (Å²) >= 11 is 24.1. The minimum Gasteiger partial charge on any atom is -0.353 e. The summed E-state index contributed by atoms with van der Waals surface area (Å²) in [6.45, 7) is 4.99. The average Bonchev–Trinajstić information content (AvgIpc) is 2.49. The lowest BCUT2D eigenvalue weighted by Gasteiger charge is -2.36. The Bertz CT molecular complexity index is 640. The summed E-state index contributed by atoms with van der Waals surface area (Å²) in [5.41, 5.74) is 0.170. The van der Waals surface area contributed by atoms with Gasteiger partial charge in [0.2, 0.25) is 11.8 Å². The fourth-order valence-electron chi connectivity index (χ4n) is 2.68. The lowest BCUT2D eigenvalue weighted by molar-refractivity contribution is -0.132. The van der Waals surface area contributed by atoms with Gasteiger partial charge in [0.1, 0.15) is 0 Å². The van der Waals surface area contributed by atoms with Gasteiger partial charge in [0.05, 0.1) is 38.4 Å². The van der Waals surface area contributed by atoms with E-state index in [1.54, 1.807) is 0 Å². The Morgan fingerprint density at radius 2 is 1.88 bits per heavy atom. The Kier molecular flexibility index (Phi) is 6.62. The van der Waals surface area contributed by atoms with Crippen LogP contribution in [-0.4, -0.2) is 42.4 Å². The summed E-state index contributed by atoms with van der Waals surface area (Å²) in [4.78, 5) is 26.2. The highest BCUT2D eigenvalue weighted by atomic mass is 35.5. The van der Waals surface area contributed by atoms with Crippen LogP contribution in [0.5, 0.6) is 0 Å². The predicted molar refractivity (Wildman–Crippen MR) is 98.3 cm³/mol. The van der Waals surface area contributed by atoms with Crippen LogP contribution in [0.3, 0.4) is 0 Å². The zero-order chi connectivity index (χ0) is 18.0. The summed E-state index contributed by atoms with van der Waals surface area (Å²) in [5.74, 6) is -0.353. The van der Waals surface area contributed by atoms with Crippen molar-refractivity contribution in [2.24, 2.45) is 5.92 Å². The molecule has 1 heterocycles. The van der Waals surface area contributed by atoms with Crippen LogP contribution in [0.15, 0.2) is 6.07 Å². The van der Waals surface area contributed by atoms with Crippen molar-refractivity contribution in [3.63, 3.8) is 0 Å². The van der Waals surface area contributed by atoms with Gasteiger partial charge in [-0.1, -0.05) is 60.3 Å². The molecule has 2 N–H and O–H groups in total. The highest BCUT2D eigenvalue weighted by Crippen LogP contribution is 2.41. The van der Waals surface area contributed by atoms with E-state index in [0.717, 1.165) is 0 Å². The van der Waals surface area contributed by atoms with Gasteiger partial charge in [-0.25, -0.2) is 0 Å². The number of hydrogen-bond donors (Lipinski definition) is 2. The summed E-state index contributed by atoms with van der Waals surface area (Å²) in [7, 11) is 0. The van der Waals surface area contributed by atoms with Crippen molar-refractivity contribution in [3.8, 4) is 0 Å². The monoisotopic (exact) mass is 411 g/mol. The van der Waals surface area contributed by atoms with E-state index in [-0.39, 0.29) is 56.1 Å². The van der Waals surface area contributed by atoms with Crippen LogP contribution in [0.4, 0.5) is 5.69 Å². The van der Waals surface area contributed by atoms with Crippen molar-refractivity contribution < 1.29 is 9.59 Å². The number of hydrogen-bond acceptors (Lipinski definition) is 3. The molecular formula is C15H17Cl4N3O2. The van der Waals surface area contributed by atoms with Gasteiger partial charge in [-0.05, 0) is 12.0 Å². The van der Waals surface area contributed by atoms with Crippen LogP contribution >= 0.6 is 46.4 Å². The van der Waals surface area contributed by atoms with Crippen molar-refractivity contribution in [2.45, 2.75) is 19.9 Å². The van der Waals surface area contributed by atoms with Crippen molar-refractivity contribution >= 4 is 63.9 Å². The van der Waals surface area contributed by atoms with Crippen LogP contribution in [-0.2, 0) is 9.59 Å². The maximum atomic E-state index is 12.4. The molecule has 0 spiro atoms. The van der Waals surface area contributed by atoms with Crippen molar-refractivity contribution in [1.82, 2.24) is 10.2 Å². The van der Waals surface area contributed by atoms with E-state index in [1.165, 1.54) is 6.07 Å². The quantitative estimate of drug-likeness (QED) is 0.741. The molecule has 0 bridgehead atoms. The molecule has 9 heteroatoms. The molecule has 0 aliphatic carbocycles. The van der Waals surface area contributed by atoms with Gasteiger partial charge in [-0.2, -0.15) is 0 Å². The number of carbonyl (C=O) groups excluding carboxylic acids is 2. The molecule has 1 unspecified atom stereocenters. The van der Waals surface area contributed by atoms with E-state index < -0.39 is 0 Å². The maximum absolute atomic E-state index is 12.4. The number of rotatable bonds is 4. The van der Waals surface area contributed by atoms with Crippen molar-refractivity contribution in [3.05, 3.63) is 26.2 Å². The molecule has 1 aromatic carbocycles. The molecule has 0 aromatic heterocycles. The molecule has 5 nitrogen and oxygen atoms in total. The minimum atomic E-state index is -0.363. The van der Waals surface area contributed by atoms with Crippen LogP contribution in [0.2, 0.25) is 20.1 Å². The van der Waals surface area contributed by atoms with E-state index >= 15 is 0 Å². The predicted octanol–water partition coefficient (Wildman–Crippen LogP) is 3.70. The molecule has 2 amide bonds. The van der Waals surface area contributed by atoms with Crippen LogP contribution in [0.25, 0.3) is 0 Å². The second-order valence-corrected chi connectivity index (χ2v) is 7.41. The van der Waals surface area contributed by atoms with E-state index in [2.05, 4.69) is 10.6 Å². The SMILES string of the molecule is CC(C)C1C(=O)NCCN1CC(=O)Nc1c(Cl)c(Cl)cc(Cl)c1Cl. The Morgan fingerprint density at radius 3 is 2.42 bits per heavy atom. The first-order valence-corrected chi connectivity index (χ1v) is 8.88. The van der Waals surface area contributed by atoms with E-state index in [9.17, 15) is 9.59 Å². The number of piperazine rings is 1. The van der Waals surface area contributed by atoms with Gasteiger partial charge in [-0.15, -0.1) is 0 Å². The van der Waals surface area contributed by atoms with E-state index in [0.29, 0.717) is 13.1 Å². The summed E-state index contributed by atoms with van der Waals surface area (Å²) in [6, 6.07) is 1.05. The lowest BCUT2D eigenvalue weighted by Crippen LogP contribution is -2.58. The second-order valence-electron chi connectivity index (χ2n) is 5.84. The first kappa shape index (κ1) is 19.6. The fourth-order valence-corrected chi connectivity index (χ4v) is 3.58. The molecule has 1 fully saturated rings. The number of amides is 2. The van der Waals surface area contributed by atoms with E-state index in [4.69, 9.17) is 46.4 Å². The first-order chi connectivity index (χ1) is 11.2. The number of benzene rings is 1. The van der Waals surface area contributed by atoms with E-state index in [1.807, 2.05) is 18.7 Å². The summed E-state index contributed by atoms with van der Waals surface area (Å²) in [6.07, 6.45) is 0. The third kappa shape index (κ3) is 4.27. The van der Waals surface area contributed by atoms with Gasteiger partial charge >= 0.3 is 0 Å². The molecule has 24 heavy (non-hydrogen) atoms. The van der Waals surface area contributed by atoms with Crippen LogP contribution in [0.1, 0.15) is 13.8 Å². The number of carbonyl (C=O) groups is 2. The molecule has 132 valence electrons. The van der Waals surface area contributed by atoms with Gasteiger partial charge < -0.3 is 10.6 Å². The average molecular weight is 413 g/mol. The van der Waals surface area contributed by atoms with Gasteiger partial charge in [0.15, 0.2) is 0 Å². The second kappa shape index (κ2) is 8.11. The largest absolute Gasteiger partial charge is 0.353 e. The molecule has 1 atom stereocenters. The summed E-state index contributed by atoms with van der Waals surface area (Å²) in [5, 5.41) is 6.08. The topological polar surface area (TPSA) is 61.4 Å². The van der Waals surface area contributed by atoms with Gasteiger partial charge in [0, 0.05) is 13.1 Å². The third-order valence-electron chi connectivity index (χ3n) is 3.71. The fraction of sp³-hybridized carbons (Fsp3) is 0.467. The molecule has 2 rings (SSSR count). The Hall–Kier alpha value is -0.720. The minimum absolute atomic E-state index is 0.0348.